The number of hydrogen-bond donors (Lipinski definition) is 2. The van der Waals surface area contributed by atoms with Crippen LogP contribution in [0.15, 0.2) is 24.3 Å². The van der Waals surface area contributed by atoms with E-state index in [1.807, 2.05) is 36.0 Å². The predicted molar refractivity (Wildman–Crippen MR) is 75.0 cm³/mol. The molecule has 0 aliphatic carbocycles. The Bertz CT molecular complexity index is 403. The lowest BCUT2D eigenvalue weighted by molar-refractivity contribution is -0.136. The molecule has 0 atom stereocenters. The molecule has 0 aromatic heterocycles. The van der Waals surface area contributed by atoms with Gasteiger partial charge in [0.2, 0.25) is 0 Å². The quantitative estimate of drug-likeness (QED) is 0.857. The minimum absolute atomic E-state index is 0.109. The fourth-order valence-corrected chi connectivity index (χ4v) is 3.33. The predicted octanol–water partition coefficient (Wildman–Crippen LogP) is 2.30. The van der Waals surface area contributed by atoms with Gasteiger partial charge in [0.25, 0.3) is 0 Å². The molecule has 0 spiro atoms. The Hall–Kier alpha value is -1.00. The molecule has 1 aliphatic rings. The molecular formula is C14H19NO2S. The van der Waals surface area contributed by atoms with Crippen molar-refractivity contribution in [2.24, 2.45) is 0 Å². The number of benzene rings is 1. The van der Waals surface area contributed by atoms with Crippen molar-refractivity contribution in [1.82, 2.24) is 5.32 Å². The van der Waals surface area contributed by atoms with Crippen LogP contribution in [0.3, 0.4) is 0 Å². The molecule has 1 aromatic rings. The van der Waals surface area contributed by atoms with Crippen LogP contribution in [-0.2, 0) is 17.8 Å². The van der Waals surface area contributed by atoms with Gasteiger partial charge in [-0.2, -0.15) is 11.8 Å². The Balaban J connectivity index is 1.93. The minimum atomic E-state index is -0.767. The summed E-state index contributed by atoms with van der Waals surface area (Å²) in [5.74, 6) is 1.69. The van der Waals surface area contributed by atoms with Gasteiger partial charge in [-0.15, -0.1) is 0 Å². The van der Waals surface area contributed by atoms with Crippen molar-refractivity contribution in [2.75, 3.05) is 11.5 Å². The average Bonchev–Trinajstić information content (AvgIpc) is 2.38. The fraction of sp³-hybridized carbons (Fsp3) is 0.500. The van der Waals surface area contributed by atoms with E-state index in [-0.39, 0.29) is 6.42 Å². The summed E-state index contributed by atoms with van der Waals surface area (Å²) in [6.45, 7) is 0.777. The lowest BCUT2D eigenvalue weighted by atomic mass is 10.0. The van der Waals surface area contributed by atoms with Crippen molar-refractivity contribution in [3.8, 4) is 0 Å². The molecule has 1 heterocycles. The van der Waals surface area contributed by atoms with Gasteiger partial charge >= 0.3 is 5.97 Å². The van der Waals surface area contributed by atoms with Crippen LogP contribution in [0.1, 0.15) is 24.0 Å². The van der Waals surface area contributed by atoms with Gasteiger partial charge in [0.1, 0.15) is 0 Å². The van der Waals surface area contributed by atoms with Crippen molar-refractivity contribution >= 4 is 17.7 Å². The molecule has 4 heteroatoms. The second-order valence-electron chi connectivity index (χ2n) is 4.61. The average molecular weight is 265 g/mol. The van der Waals surface area contributed by atoms with Crippen LogP contribution in [0.4, 0.5) is 0 Å². The summed E-state index contributed by atoms with van der Waals surface area (Å²) in [4.78, 5) is 10.8. The van der Waals surface area contributed by atoms with Crippen LogP contribution >= 0.6 is 11.8 Å². The highest BCUT2D eigenvalue weighted by molar-refractivity contribution is 7.99. The Labute approximate surface area is 112 Å². The van der Waals surface area contributed by atoms with Crippen LogP contribution in [0.5, 0.6) is 0 Å². The van der Waals surface area contributed by atoms with Gasteiger partial charge in [-0.3, -0.25) is 4.79 Å². The minimum Gasteiger partial charge on any atom is -0.481 e. The van der Waals surface area contributed by atoms with Gasteiger partial charge in [-0.05, 0) is 35.5 Å². The molecule has 0 saturated carbocycles. The van der Waals surface area contributed by atoms with Crippen molar-refractivity contribution in [3.05, 3.63) is 35.4 Å². The van der Waals surface area contributed by atoms with Crippen LogP contribution in [-0.4, -0.2) is 28.6 Å². The number of carbonyl (C=O) groups is 1. The van der Waals surface area contributed by atoms with E-state index in [1.165, 1.54) is 24.3 Å². The van der Waals surface area contributed by atoms with Crippen LogP contribution in [0.2, 0.25) is 0 Å². The van der Waals surface area contributed by atoms with E-state index in [9.17, 15) is 4.79 Å². The lowest BCUT2D eigenvalue weighted by Gasteiger charge is -2.23. The number of hydrogen-bond acceptors (Lipinski definition) is 3. The summed E-state index contributed by atoms with van der Waals surface area (Å²) < 4.78 is 0. The molecule has 2 N–H and O–H groups in total. The normalized spacial score (nSPS) is 16.7. The third-order valence-corrected chi connectivity index (χ3v) is 4.31. The zero-order valence-corrected chi connectivity index (χ0v) is 11.2. The first kappa shape index (κ1) is 13.4. The lowest BCUT2D eigenvalue weighted by Crippen LogP contribution is -2.32. The summed E-state index contributed by atoms with van der Waals surface area (Å²) in [7, 11) is 0. The molecule has 1 saturated heterocycles. The van der Waals surface area contributed by atoms with E-state index in [4.69, 9.17) is 5.11 Å². The van der Waals surface area contributed by atoms with Gasteiger partial charge in [-0.1, -0.05) is 24.3 Å². The number of carboxylic acids is 1. The van der Waals surface area contributed by atoms with Crippen LogP contribution < -0.4 is 5.32 Å². The summed E-state index contributed by atoms with van der Waals surface area (Å²) in [6.07, 6.45) is 2.54. The smallest absolute Gasteiger partial charge is 0.307 e. The van der Waals surface area contributed by atoms with Gasteiger partial charge in [0.15, 0.2) is 0 Å². The molecule has 3 nitrogen and oxygen atoms in total. The second-order valence-corrected chi connectivity index (χ2v) is 5.83. The molecule has 0 radical (unpaired) electrons. The van der Waals surface area contributed by atoms with E-state index < -0.39 is 5.97 Å². The summed E-state index contributed by atoms with van der Waals surface area (Å²) in [5, 5.41) is 12.4. The maximum Gasteiger partial charge on any atom is 0.307 e. The molecule has 98 valence electrons. The van der Waals surface area contributed by atoms with E-state index in [0.717, 1.165) is 17.7 Å². The first-order valence-electron chi connectivity index (χ1n) is 6.35. The number of thioether (sulfide) groups is 1. The molecule has 0 amide bonds. The zero-order chi connectivity index (χ0) is 12.8. The highest BCUT2D eigenvalue weighted by atomic mass is 32.2. The Kier molecular flexibility index (Phi) is 5.08. The molecule has 0 bridgehead atoms. The van der Waals surface area contributed by atoms with Crippen molar-refractivity contribution in [2.45, 2.75) is 31.8 Å². The Morgan fingerprint density at radius 2 is 1.94 bits per heavy atom. The number of nitrogens with one attached hydrogen (secondary N) is 1. The van der Waals surface area contributed by atoms with E-state index in [1.54, 1.807) is 0 Å². The second kappa shape index (κ2) is 6.81. The van der Waals surface area contributed by atoms with Crippen molar-refractivity contribution < 1.29 is 9.90 Å². The molecule has 1 aliphatic heterocycles. The monoisotopic (exact) mass is 265 g/mol. The van der Waals surface area contributed by atoms with E-state index >= 15 is 0 Å². The van der Waals surface area contributed by atoms with Crippen molar-refractivity contribution in [3.63, 3.8) is 0 Å². The van der Waals surface area contributed by atoms with Crippen molar-refractivity contribution in [1.29, 1.82) is 0 Å². The summed E-state index contributed by atoms with van der Waals surface area (Å²) in [5.41, 5.74) is 2.03. The third kappa shape index (κ3) is 4.03. The number of carboxylic acid groups (broad SMARTS) is 1. The third-order valence-electron chi connectivity index (χ3n) is 3.26. The number of aliphatic carboxylic acids is 1. The Morgan fingerprint density at radius 3 is 2.61 bits per heavy atom. The standard InChI is InChI=1S/C14H19NO2S/c16-14(17)9-11-3-1-2-4-12(11)10-15-13-5-7-18-8-6-13/h1-4,13,15H,5-10H2,(H,16,17). The zero-order valence-electron chi connectivity index (χ0n) is 10.4. The maximum atomic E-state index is 10.8. The van der Waals surface area contributed by atoms with Gasteiger partial charge in [0, 0.05) is 12.6 Å². The summed E-state index contributed by atoms with van der Waals surface area (Å²) in [6, 6.07) is 8.38. The van der Waals surface area contributed by atoms with Gasteiger partial charge < -0.3 is 10.4 Å². The summed E-state index contributed by atoms with van der Waals surface area (Å²) >= 11 is 2.01. The van der Waals surface area contributed by atoms with Gasteiger partial charge in [0.05, 0.1) is 6.42 Å². The molecular weight excluding hydrogens is 246 g/mol. The maximum absolute atomic E-state index is 10.8. The number of rotatable bonds is 5. The highest BCUT2D eigenvalue weighted by Crippen LogP contribution is 2.18. The van der Waals surface area contributed by atoms with Gasteiger partial charge in [-0.25, -0.2) is 0 Å². The molecule has 2 rings (SSSR count). The Morgan fingerprint density at radius 1 is 1.28 bits per heavy atom. The first-order valence-corrected chi connectivity index (χ1v) is 7.51. The van der Waals surface area contributed by atoms with Crippen LogP contribution in [0.25, 0.3) is 0 Å². The van der Waals surface area contributed by atoms with E-state index in [0.29, 0.717) is 6.04 Å². The van der Waals surface area contributed by atoms with E-state index in [2.05, 4.69) is 5.32 Å². The first-order chi connectivity index (χ1) is 8.75. The molecule has 1 fully saturated rings. The fourth-order valence-electron chi connectivity index (χ4n) is 2.22. The molecule has 1 aromatic carbocycles. The molecule has 0 unspecified atom stereocenters. The largest absolute Gasteiger partial charge is 0.481 e. The van der Waals surface area contributed by atoms with Crippen LogP contribution in [0, 0.1) is 0 Å². The topological polar surface area (TPSA) is 49.3 Å². The SMILES string of the molecule is O=C(O)Cc1ccccc1CNC1CCSCC1. The molecule has 18 heavy (non-hydrogen) atoms. The highest BCUT2D eigenvalue weighted by Gasteiger charge is 2.13.